The van der Waals surface area contributed by atoms with Crippen LogP contribution >= 0.6 is 11.6 Å². The molecule has 0 spiro atoms. The molecule has 0 aliphatic rings. The summed E-state index contributed by atoms with van der Waals surface area (Å²) in [4.78, 5) is 16.4. The van der Waals surface area contributed by atoms with Gasteiger partial charge in [0.2, 0.25) is 5.91 Å². The van der Waals surface area contributed by atoms with Crippen molar-refractivity contribution in [3.05, 3.63) is 77.3 Å². The fourth-order valence-corrected chi connectivity index (χ4v) is 2.85. The largest absolute Gasteiger partial charge is 0.441 e. The average Bonchev–Trinajstić information content (AvgIpc) is 3.14. The summed E-state index contributed by atoms with van der Waals surface area (Å²) < 4.78 is 5.69. The van der Waals surface area contributed by atoms with Crippen LogP contribution in [-0.2, 0) is 11.2 Å². The van der Waals surface area contributed by atoms with Crippen molar-refractivity contribution in [2.45, 2.75) is 18.9 Å². The summed E-state index contributed by atoms with van der Waals surface area (Å²) in [7, 11) is 0. The number of nitrogens with one attached hydrogen (secondary N) is 1. The molecule has 1 aromatic heterocycles. The molecule has 2 N–H and O–H groups in total. The van der Waals surface area contributed by atoms with Crippen LogP contribution in [0.1, 0.15) is 23.9 Å². The molecule has 1 atom stereocenters. The maximum atomic E-state index is 12.2. The molecular formula is C20H19ClN2O3. The molecule has 0 fully saturated rings. The normalized spacial score (nSPS) is 11.9. The van der Waals surface area contributed by atoms with Gasteiger partial charge in [-0.1, -0.05) is 54.1 Å². The first-order valence-electron chi connectivity index (χ1n) is 8.32. The minimum Gasteiger partial charge on any atom is -0.441 e. The Morgan fingerprint density at radius 3 is 2.62 bits per heavy atom. The Morgan fingerprint density at radius 2 is 1.88 bits per heavy atom. The average molecular weight is 371 g/mol. The molecule has 0 saturated heterocycles. The first-order valence-corrected chi connectivity index (χ1v) is 8.70. The summed E-state index contributed by atoms with van der Waals surface area (Å²) in [5.41, 5.74) is 1.63. The number of aryl methyl sites for hydroxylation is 1. The molecular weight excluding hydrogens is 352 g/mol. The first kappa shape index (κ1) is 18.2. The third kappa shape index (κ3) is 4.50. The van der Waals surface area contributed by atoms with Gasteiger partial charge in [0.05, 0.1) is 23.9 Å². The van der Waals surface area contributed by atoms with Crippen LogP contribution < -0.4 is 5.32 Å². The monoisotopic (exact) mass is 370 g/mol. The van der Waals surface area contributed by atoms with Gasteiger partial charge in [0, 0.05) is 18.4 Å². The van der Waals surface area contributed by atoms with E-state index in [1.807, 2.05) is 48.5 Å². The zero-order valence-corrected chi connectivity index (χ0v) is 14.8. The SMILES string of the molecule is O=C(CCc1ncc(-c2ccccc2Cl)o1)N[C@H](CO)c1ccccc1. The second-order valence-corrected chi connectivity index (χ2v) is 6.22. The number of oxazole rings is 1. The van der Waals surface area contributed by atoms with Crippen molar-refractivity contribution in [1.29, 1.82) is 0 Å². The van der Waals surface area contributed by atoms with Gasteiger partial charge < -0.3 is 14.8 Å². The number of rotatable bonds is 7. The number of nitrogens with zero attached hydrogens (tertiary/aromatic N) is 1. The predicted molar refractivity (Wildman–Crippen MR) is 99.7 cm³/mol. The Bertz CT molecular complexity index is 864. The van der Waals surface area contributed by atoms with Crippen LogP contribution in [-0.4, -0.2) is 22.6 Å². The van der Waals surface area contributed by atoms with Crippen molar-refractivity contribution >= 4 is 17.5 Å². The van der Waals surface area contributed by atoms with E-state index in [1.54, 1.807) is 12.3 Å². The van der Waals surface area contributed by atoms with E-state index in [0.717, 1.165) is 11.1 Å². The van der Waals surface area contributed by atoms with E-state index in [-0.39, 0.29) is 18.9 Å². The molecule has 2 aromatic carbocycles. The molecule has 1 amide bonds. The number of hydrogen-bond donors (Lipinski definition) is 2. The Balaban J connectivity index is 1.57. The van der Waals surface area contributed by atoms with Crippen molar-refractivity contribution in [2.75, 3.05) is 6.61 Å². The van der Waals surface area contributed by atoms with Gasteiger partial charge in [-0.25, -0.2) is 4.98 Å². The Hall–Kier alpha value is -2.63. The number of aliphatic hydroxyl groups is 1. The number of hydrogen-bond acceptors (Lipinski definition) is 4. The number of benzene rings is 2. The number of aromatic nitrogens is 1. The Kier molecular flexibility index (Phi) is 6.04. The fraction of sp³-hybridized carbons (Fsp3) is 0.200. The Morgan fingerprint density at radius 1 is 1.15 bits per heavy atom. The van der Waals surface area contributed by atoms with Crippen LogP contribution in [0.2, 0.25) is 5.02 Å². The number of aliphatic hydroxyl groups excluding tert-OH is 1. The zero-order valence-electron chi connectivity index (χ0n) is 14.1. The molecule has 26 heavy (non-hydrogen) atoms. The van der Waals surface area contributed by atoms with Crippen molar-refractivity contribution in [3.63, 3.8) is 0 Å². The van der Waals surface area contributed by atoms with Crippen LogP contribution in [0.4, 0.5) is 0 Å². The minimum atomic E-state index is -0.424. The molecule has 1 heterocycles. The maximum absolute atomic E-state index is 12.2. The molecule has 0 radical (unpaired) electrons. The lowest BCUT2D eigenvalue weighted by atomic mass is 10.1. The van der Waals surface area contributed by atoms with Crippen LogP contribution in [0, 0.1) is 0 Å². The lowest BCUT2D eigenvalue weighted by Crippen LogP contribution is -2.30. The molecule has 6 heteroatoms. The molecule has 0 saturated carbocycles. The van der Waals surface area contributed by atoms with Crippen molar-refractivity contribution in [1.82, 2.24) is 10.3 Å². The van der Waals surface area contributed by atoms with Gasteiger partial charge in [0.15, 0.2) is 11.7 Å². The van der Waals surface area contributed by atoms with Gasteiger partial charge >= 0.3 is 0 Å². The summed E-state index contributed by atoms with van der Waals surface area (Å²) >= 11 is 6.15. The Labute approximate surface area is 156 Å². The zero-order chi connectivity index (χ0) is 18.4. The quantitative estimate of drug-likeness (QED) is 0.663. The highest BCUT2D eigenvalue weighted by atomic mass is 35.5. The maximum Gasteiger partial charge on any atom is 0.221 e. The molecule has 3 rings (SSSR count). The molecule has 0 aliphatic carbocycles. The van der Waals surface area contributed by atoms with Crippen molar-refractivity contribution < 1.29 is 14.3 Å². The summed E-state index contributed by atoms with van der Waals surface area (Å²) in [5.74, 6) is 0.865. The topological polar surface area (TPSA) is 75.4 Å². The van der Waals surface area contributed by atoms with Crippen LogP contribution in [0.3, 0.4) is 0 Å². The number of amides is 1. The van der Waals surface area contributed by atoms with Gasteiger partial charge in [-0.05, 0) is 17.7 Å². The summed E-state index contributed by atoms with van der Waals surface area (Å²) in [6.45, 7) is -0.161. The van der Waals surface area contributed by atoms with Gasteiger partial charge in [0.25, 0.3) is 0 Å². The van der Waals surface area contributed by atoms with Crippen LogP contribution in [0.25, 0.3) is 11.3 Å². The molecule has 5 nitrogen and oxygen atoms in total. The predicted octanol–water partition coefficient (Wildman–Crippen LogP) is 3.78. The molecule has 134 valence electrons. The number of carbonyl (C=O) groups excluding carboxylic acids is 1. The summed E-state index contributed by atoms with van der Waals surface area (Å²) in [6.07, 6.45) is 2.18. The van der Waals surface area contributed by atoms with E-state index >= 15 is 0 Å². The van der Waals surface area contributed by atoms with Gasteiger partial charge in [-0.3, -0.25) is 4.79 Å². The van der Waals surface area contributed by atoms with Crippen LogP contribution in [0.5, 0.6) is 0 Å². The minimum absolute atomic E-state index is 0.161. The van der Waals surface area contributed by atoms with Crippen molar-refractivity contribution in [3.8, 4) is 11.3 Å². The van der Waals surface area contributed by atoms with E-state index in [1.165, 1.54) is 0 Å². The molecule has 0 unspecified atom stereocenters. The second-order valence-electron chi connectivity index (χ2n) is 5.81. The lowest BCUT2D eigenvalue weighted by Gasteiger charge is -2.16. The third-order valence-corrected chi connectivity index (χ3v) is 4.31. The van der Waals surface area contributed by atoms with Gasteiger partial charge in [0.1, 0.15) is 0 Å². The highest BCUT2D eigenvalue weighted by Crippen LogP contribution is 2.28. The van der Waals surface area contributed by atoms with E-state index in [2.05, 4.69) is 10.3 Å². The number of halogens is 1. The lowest BCUT2D eigenvalue weighted by molar-refractivity contribution is -0.122. The third-order valence-electron chi connectivity index (χ3n) is 3.98. The highest BCUT2D eigenvalue weighted by molar-refractivity contribution is 6.33. The first-order chi connectivity index (χ1) is 12.7. The summed E-state index contributed by atoms with van der Waals surface area (Å²) in [6, 6.07) is 16.3. The molecule has 0 bridgehead atoms. The molecule has 0 aliphatic heterocycles. The van der Waals surface area contributed by atoms with E-state index in [4.69, 9.17) is 16.0 Å². The number of carbonyl (C=O) groups is 1. The van der Waals surface area contributed by atoms with Crippen molar-refractivity contribution in [2.24, 2.45) is 0 Å². The highest BCUT2D eigenvalue weighted by Gasteiger charge is 2.15. The van der Waals surface area contributed by atoms with E-state index < -0.39 is 6.04 Å². The van der Waals surface area contributed by atoms with E-state index in [9.17, 15) is 9.90 Å². The summed E-state index contributed by atoms with van der Waals surface area (Å²) in [5, 5.41) is 12.9. The second kappa shape index (κ2) is 8.65. The van der Waals surface area contributed by atoms with E-state index in [0.29, 0.717) is 23.1 Å². The van der Waals surface area contributed by atoms with Crippen LogP contribution in [0.15, 0.2) is 65.2 Å². The standard InChI is InChI=1S/C20H19ClN2O3/c21-16-9-5-4-8-15(16)18-12-22-20(26-18)11-10-19(25)23-17(13-24)14-6-2-1-3-7-14/h1-9,12,17,24H,10-11,13H2,(H,23,25)/t17-/m1/s1. The fourth-order valence-electron chi connectivity index (χ4n) is 2.62. The van der Waals surface area contributed by atoms with Gasteiger partial charge in [-0.15, -0.1) is 0 Å². The molecule has 3 aromatic rings. The smallest absolute Gasteiger partial charge is 0.221 e. The van der Waals surface area contributed by atoms with Gasteiger partial charge in [-0.2, -0.15) is 0 Å².